The number of hydrogen-bond donors (Lipinski definition) is 3. The molecule has 0 bridgehead atoms. The second kappa shape index (κ2) is 22.7. The quantitative estimate of drug-likeness (QED) is 0.0602. The van der Waals surface area contributed by atoms with E-state index in [9.17, 15) is 19.2 Å². The van der Waals surface area contributed by atoms with Crippen LogP contribution in [0.3, 0.4) is 0 Å². The molecule has 3 atom stereocenters. The maximum Gasteiger partial charge on any atom is 0.407 e. The number of unbranched alkanes of at least 4 members (excludes halogenated alkanes) is 1. The molecule has 3 unspecified atom stereocenters. The van der Waals surface area contributed by atoms with Crippen molar-refractivity contribution in [2.75, 3.05) is 52.5 Å². The first-order valence-electron chi connectivity index (χ1n) is 22.4. The Morgan fingerprint density at radius 3 is 2.16 bits per heavy atom. The summed E-state index contributed by atoms with van der Waals surface area (Å²) in [5.41, 5.74) is 2.12. The lowest BCUT2D eigenvalue weighted by molar-refractivity contribution is -0.143. The number of benzene rings is 2. The second-order valence-electron chi connectivity index (χ2n) is 18.4. The molecule has 15 nitrogen and oxygen atoms in total. The minimum Gasteiger partial charge on any atom is -0.468 e. The molecular formula is C48H73N7O8. The lowest BCUT2D eigenvalue weighted by Gasteiger charge is -2.38. The van der Waals surface area contributed by atoms with Gasteiger partial charge in [-0.3, -0.25) is 14.4 Å². The van der Waals surface area contributed by atoms with E-state index in [0.717, 1.165) is 41.6 Å². The molecule has 0 aliphatic carbocycles. The summed E-state index contributed by atoms with van der Waals surface area (Å²) < 4.78 is 24.1. The number of para-hydroxylation sites is 1. The van der Waals surface area contributed by atoms with E-state index in [2.05, 4.69) is 54.0 Å². The van der Waals surface area contributed by atoms with Crippen LogP contribution < -0.4 is 20.9 Å². The van der Waals surface area contributed by atoms with E-state index in [1.165, 1.54) is 7.11 Å². The maximum atomic E-state index is 14.9. The average molecular weight is 876 g/mol. The number of amides is 3. The van der Waals surface area contributed by atoms with Crippen LogP contribution in [-0.2, 0) is 46.4 Å². The summed E-state index contributed by atoms with van der Waals surface area (Å²) in [6.07, 6.45) is 4.88. The molecule has 3 aromatic rings. The summed E-state index contributed by atoms with van der Waals surface area (Å²) in [5, 5.41) is 18.0. The number of carbonyl (C=O) groups excluding carboxylic acids is 4. The number of nitrogens with one attached hydrogen (secondary N) is 3. The summed E-state index contributed by atoms with van der Waals surface area (Å²) in [5.74, 6) is -0.544. The highest BCUT2D eigenvalue weighted by atomic mass is 16.5. The smallest absolute Gasteiger partial charge is 0.407 e. The second-order valence-corrected chi connectivity index (χ2v) is 18.4. The zero-order valence-corrected chi connectivity index (χ0v) is 39.7. The number of hydrogen-bond acceptors (Lipinski definition) is 11. The molecule has 2 aromatic carbocycles. The first-order valence-corrected chi connectivity index (χ1v) is 22.4. The molecule has 15 heteroatoms. The molecule has 1 aromatic heterocycles. The van der Waals surface area contributed by atoms with Crippen LogP contribution in [0.15, 0.2) is 48.5 Å². The fraction of sp³-hybridized carbons (Fsp3) is 0.625. The van der Waals surface area contributed by atoms with Gasteiger partial charge in [0.2, 0.25) is 11.8 Å². The Balaban J connectivity index is 1.44. The van der Waals surface area contributed by atoms with Crippen LogP contribution in [0.1, 0.15) is 112 Å². The van der Waals surface area contributed by atoms with E-state index in [0.29, 0.717) is 63.2 Å². The Kier molecular flexibility index (Phi) is 18.3. The van der Waals surface area contributed by atoms with Gasteiger partial charge in [0.15, 0.2) is 0 Å². The van der Waals surface area contributed by atoms with Crippen molar-refractivity contribution < 1.29 is 38.1 Å². The molecule has 1 aliphatic heterocycles. The monoisotopic (exact) mass is 876 g/mol. The fourth-order valence-electron chi connectivity index (χ4n) is 8.21. The highest BCUT2D eigenvalue weighted by Crippen LogP contribution is 2.44. The Morgan fingerprint density at radius 1 is 0.810 bits per heavy atom. The third-order valence-corrected chi connectivity index (χ3v) is 12.7. The van der Waals surface area contributed by atoms with Gasteiger partial charge in [-0.15, -0.1) is 5.10 Å². The topological polar surface area (TPSA) is 175 Å². The molecule has 4 rings (SSSR count). The molecule has 3 N–H and O–H groups in total. The van der Waals surface area contributed by atoms with E-state index in [-0.39, 0.29) is 49.1 Å². The van der Waals surface area contributed by atoms with Crippen molar-refractivity contribution in [1.29, 1.82) is 0 Å². The van der Waals surface area contributed by atoms with E-state index < -0.39 is 22.5 Å². The van der Waals surface area contributed by atoms with Gasteiger partial charge in [-0.1, -0.05) is 89.2 Å². The van der Waals surface area contributed by atoms with Crippen LogP contribution in [0.5, 0.6) is 0 Å². The van der Waals surface area contributed by atoms with Gasteiger partial charge in [-0.2, -0.15) is 0 Å². The van der Waals surface area contributed by atoms with Gasteiger partial charge >= 0.3 is 12.1 Å². The third-order valence-electron chi connectivity index (χ3n) is 12.7. The molecule has 3 amide bonds. The van der Waals surface area contributed by atoms with Crippen molar-refractivity contribution in [3.63, 3.8) is 0 Å². The molecule has 0 radical (unpaired) electrons. The highest BCUT2D eigenvalue weighted by molar-refractivity contribution is 6.02. The first-order chi connectivity index (χ1) is 29.9. The van der Waals surface area contributed by atoms with Crippen molar-refractivity contribution in [3.8, 4) is 22.5 Å². The molecular weight excluding hydrogens is 803 g/mol. The number of rotatable bonds is 24. The summed E-state index contributed by atoms with van der Waals surface area (Å²) >= 11 is 0. The van der Waals surface area contributed by atoms with Crippen LogP contribution in [0.2, 0.25) is 0 Å². The fourth-order valence-corrected chi connectivity index (χ4v) is 8.21. The van der Waals surface area contributed by atoms with E-state index >= 15 is 0 Å². The first kappa shape index (κ1) is 50.8. The maximum absolute atomic E-state index is 14.9. The lowest BCUT2D eigenvalue weighted by Crippen LogP contribution is -2.47. The third kappa shape index (κ3) is 13.3. The molecule has 0 saturated carbocycles. The largest absolute Gasteiger partial charge is 0.468 e. The molecule has 0 fully saturated rings. The number of carbonyl (C=O) groups is 4. The van der Waals surface area contributed by atoms with Gasteiger partial charge in [-0.05, 0) is 83.9 Å². The molecule has 0 saturated heterocycles. The van der Waals surface area contributed by atoms with Crippen LogP contribution in [0.25, 0.3) is 22.5 Å². The Morgan fingerprint density at radius 2 is 1.49 bits per heavy atom. The lowest BCUT2D eigenvalue weighted by atomic mass is 9.73. The number of anilines is 1. The number of fused-ring (bicyclic) bond motifs is 5. The Hall–Kier alpha value is -4.86. The van der Waals surface area contributed by atoms with E-state index in [1.807, 2.05) is 81.1 Å². The summed E-state index contributed by atoms with van der Waals surface area (Å²) in [6.45, 7) is 18.0. The predicted octanol–water partition coefficient (Wildman–Crippen LogP) is 7.46. The van der Waals surface area contributed by atoms with Gasteiger partial charge in [-0.25, -0.2) is 9.48 Å². The van der Waals surface area contributed by atoms with Crippen molar-refractivity contribution in [2.45, 2.75) is 137 Å². The molecule has 0 spiro atoms. The average Bonchev–Trinajstić information content (AvgIpc) is 3.68. The van der Waals surface area contributed by atoms with E-state index in [1.54, 1.807) is 18.8 Å². The molecule has 2 heterocycles. The summed E-state index contributed by atoms with van der Waals surface area (Å²) in [6, 6.07) is 15.2. The molecule has 348 valence electrons. The summed E-state index contributed by atoms with van der Waals surface area (Å²) in [7, 11) is 4.81. The molecule has 1 aliphatic rings. The number of aromatic nitrogens is 3. The van der Waals surface area contributed by atoms with Crippen molar-refractivity contribution >= 4 is 29.6 Å². The normalized spacial score (nSPS) is 15.0. The predicted molar refractivity (Wildman–Crippen MR) is 245 cm³/mol. The van der Waals surface area contributed by atoms with Crippen LogP contribution >= 0.6 is 0 Å². The van der Waals surface area contributed by atoms with Crippen LogP contribution in [-0.4, -0.2) is 104 Å². The van der Waals surface area contributed by atoms with Gasteiger partial charge in [0.05, 0.1) is 49.4 Å². The zero-order chi connectivity index (χ0) is 46.4. The van der Waals surface area contributed by atoms with Gasteiger partial charge in [0.1, 0.15) is 18.3 Å². The van der Waals surface area contributed by atoms with Crippen molar-refractivity contribution in [3.05, 3.63) is 54.1 Å². The minimum absolute atomic E-state index is 0.0525. The Bertz CT molecular complexity index is 1990. The van der Waals surface area contributed by atoms with Crippen LogP contribution in [0.4, 0.5) is 10.5 Å². The Labute approximate surface area is 374 Å². The number of ether oxygens (including phenoxy) is 4. The number of likely N-dealkylation sites (N-methyl/N-ethyl adjacent to an activating group) is 1. The van der Waals surface area contributed by atoms with Crippen molar-refractivity contribution in [1.82, 2.24) is 30.9 Å². The van der Waals surface area contributed by atoms with Gasteiger partial charge < -0.3 is 39.8 Å². The van der Waals surface area contributed by atoms with Gasteiger partial charge in [0, 0.05) is 42.2 Å². The van der Waals surface area contributed by atoms with Gasteiger partial charge in [0.25, 0.3) is 0 Å². The highest BCUT2D eigenvalue weighted by Gasteiger charge is 2.42. The summed E-state index contributed by atoms with van der Waals surface area (Å²) in [4.78, 5) is 54.9. The SMILES string of the molecule is CCC(C)(CCOC(C)(CC)CCNC(=O)C(C)(C)CC(C)(C)C(=O)N1Cc2ccccc2-c2c(nnn2CCOC(=O)NCCCCC(NC)C(=O)OC)-c2ccccc21)OC. The van der Waals surface area contributed by atoms with Crippen molar-refractivity contribution in [2.24, 2.45) is 10.8 Å². The number of esters is 1. The van der Waals surface area contributed by atoms with Crippen LogP contribution in [0, 0.1) is 10.8 Å². The minimum atomic E-state index is -0.938. The standard InChI is InChI=1S/C48H73N7O8/c1-12-47(7,61-11)26-30-63-48(8,13-2)25-28-50-42(57)45(3,4)33-46(5,6)43(58)54-32-34-20-14-15-21-35(34)40-39(36-22-16-17-24-38(36)54)52-53-55(40)29-31-62-44(59)51-27-19-18-23-37(49-9)41(56)60-10/h14-17,20-22,24,37,49H,12-13,18-19,23,25-33H2,1-11H3,(H,50,57)(H,51,59). The van der Waals surface area contributed by atoms with E-state index in [4.69, 9.17) is 18.9 Å². The number of nitrogens with zero attached hydrogens (tertiary/aromatic N) is 4. The zero-order valence-electron chi connectivity index (χ0n) is 39.7. The molecule has 63 heavy (non-hydrogen) atoms. The number of alkyl carbamates (subject to hydrolysis) is 1. The number of methoxy groups -OCH3 is 2.